The Balaban J connectivity index is 2.13. The van der Waals surface area contributed by atoms with Crippen LogP contribution >= 0.6 is 0 Å². The fraction of sp³-hybridized carbons (Fsp3) is 0.278. The van der Waals surface area contributed by atoms with Crippen molar-refractivity contribution in [3.63, 3.8) is 0 Å². The Morgan fingerprint density at radius 3 is 2.40 bits per heavy atom. The normalized spacial score (nSPS) is 18.9. The molecule has 1 atom stereocenters. The number of hydrogen-bond acceptors (Lipinski definition) is 2. The molecule has 1 aliphatic rings. The van der Waals surface area contributed by atoms with Crippen molar-refractivity contribution >= 4 is 0 Å². The molecule has 2 aromatic carbocycles. The predicted molar refractivity (Wildman–Crippen MR) is 80.4 cm³/mol. The van der Waals surface area contributed by atoms with Gasteiger partial charge in [0.25, 0.3) is 0 Å². The van der Waals surface area contributed by atoms with Gasteiger partial charge in [0.1, 0.15) is 6.04 Å². The summed E-state index contributed by atoms with van der Waals surface area (Å²) in [7, 11) is 2.04. The quantitative estimate of drug-likeness (QED) is 0.728. The van der Waals surface area contributed by atoms with Gasteiger partial charge in [0.2, 0.25) is 0 Å². The van der Waals surface area contributed by atoms with Gasteiger partial charge in [-0.05, 0) is 42.1 Å². The van der Waals surface area contributed by atoms with Crippen molar-refractivity contribution in [2.45, 2.75) is 18.9 Å². The minimum Gasteiger partial charge on any atom is -0.287 e. The predicted octanol–water partition coefficient (Wildman–Crippen LogP) is 3.33. The van der Waals surface area contributed by atoms with Gasteiger partial charge in [-0.25, -0.2) is 0 Å². The molecule has 1 aliphatic heterocycles. The number of nitriles is 1. The van der Waals surface area contributed by atoms with Crippen molar-refractivity contribution in [1.29, 1.82) is 5.26 Å². The molecular weight excluding hydrogens is 244 g/mol. The maximum absolute atomic E-state index is 9.54. The number of likely N-dealkylation sites (N-methyl/N-ethyl adjacent to an activating group) is 1. The molecule has 100 valence electrons. The van der Waals surface area contributed by atoms with Crippen molar-refractivity contribution < 1.29 is 0 Å². The zero-order chi connectivity index (χ0) is 13.9. The highest BCUT2D eigenvalue weighted by Crippen LogP contribution is 2.27. The fourth-order valence-corrected chi connectivity index (χ4v) is 2.97. The Kier molecular flexibility index (Phi) is 3.54. The molecule has 2 heteroatoms. The summed E-state index contributed by atoms with van der Waals surface area (Å²) < 4.78 is 0. The highest BCUT2D eigenvalue weighted by molar-refractivity contribution is 5.40. The maximum atomic E-state index is 9.54. The lowest BCUT2D eigenvalue weighted by Gasteiger charge is -2.23. The van der Waals surface area contributed by atoms with Crippen LogP contribution in [0.2, 0.25) is 0 Å². The van der Waals surface area contributed by atoms with Crippen LogP contribution in [0, 0.1) is 11.3 Å². The van der Waals surface area contributed by atoms with Gasteiger partial charge in [-0.1, -0.05) is 48.5 Å². The number of fused-ring (bicyclic) bond motifs is 2. The molecule has 0 aliphatic carbocycles. The average Bonchev–Trinajstić information content (AvgIpc) is 2.53. The monoisotopic (exact) mass is 262 g/mol. The van der Waals surface area contributed by atoms with Gasteiger partial charge in [0, 0.05) is 6.54 Å². The van der Waals surface area contributed by atoms with Crippen LogP contribution < -0.4 is 0 Å². The molecule has 0 amide bonds. The first-order valence-corrected chi connectivity index (χ1v) is 7.04. The van der Waals surface area contributed by atoms with Gasteiger partial charge in [-0.2, -0.15) is 5.26 Å². The summed E-state index contributed by atoms with van der Waals surface area (Å²) in [5.41, 5.74) is 5.19. The molecule has 20 heavy (non-hydrogen) atoms. The van der Waals surface area contributed by atoms with Gasteiger partial charge < -0.3 is 0 Å². The third-order valence-corrected chi connectivity index (χ3v) is 4.15. The smallest absolute Gasteiger partial charge is 0.123 e. The molecule has 0 saturated heterocycles. The van der Waals surface area contributed by atoms with E-state index in [0.29, 0.717) is 0 Å². The van der Waals surface area contributed by atoms with Crippen molar-refractivity contribution in [1.82, 2.24) is 4.90 Å². The molecule has 0 unspecified atom stereocenters. The summed E-state index contributed by atoms with van der Waals surface area (Å²) >= 11 is 0. The van der Waals surface area contributed by atoms with Crippen LogP contribution in [-0.4, -0.2) is 18.5 Å². The lowest BCUT2D eigenvalue weighted by atomic mass is 9.94. The van der Waals surface area contributed by atoms with E-state index in [4.69, 9.17) is 0 Å². The summed E-state index contributed by atoms with van der Waals surface area (Å²) in [6.07, 6.45) is 1.91. The van der Waals surface area contributed by atoms with Gasteiger partial charge in [-0.3, -0.25) is 4.90 Å². The lowest BCUT2D eigenvalue weighted by Crippen LogP contribution is -2.26. The standard InChI is InChI=1S/C18H18N2/c1-20-11-10-14-6-2-3-7-15(14)12-16-8-4-5-9-17(16)18(20)13-19/h2-9,18H,10-12H2,1H3/t18-/m1/s1. The van der Waals surface area contributed by atoms with Crippen LogP contribution in [0.5, 0.6) is 0 Å². The second-order valence-corrected chi connectivity index (χ2v) is 5.41. The zero-order valence-electron chi connectivity index (χ0n) is 11.7. The van der Waals surface area contributed by atoms with Gasteiger partial charge >= 0.3 is 0 Å². The third-order valence-electron chi connectivity index (χ3n) is 4.15. The number of hydrogen-bond donors (Lipinski definition) is 0. The fourth-order valence-electron chi connectivity index (χ4n) is 2.97. The van der Waals surface area contributed by atoms with Crippen LogP contribution in [0.25, 0.3) is 0 Å². The van der Waals surface area contributed by atoms with E-state index in [2.05, 4.69) is 53.4 Å². The van der Waals surface area contributed by atoms with E-state index in [1.165, 1.54) is 16.7 Å². The van der Waals surface area contributed by atoms with E-state index in [9.17, 15) is 5.26 Å². The Morgan fingerprint density at radius 1 is 1.00 bits per heavy atom. The maximum Gasteiger partial charge on any atom is 0.123 e. The highest BCUT2D eigenvalue weighted by Gasteiger charge is 2.21. The molecule has 0 aromatic heterocycles. The Morgan fingerprint density at radius 2 is 1.65 bits per heavy atom. The molecule has 0 fully saturated rings. The van der Waals surface area contributed by atoms with E-state index >= 15 is 0 Å². The molecule has 0 saturated carbocycles. The van der Waals surface area contributed by atoms with Crippen LogP contribution in [-0.2, 0) is 12.8 Å². The van der Waals surface area contributed by atoms with E-state index in [1.54, 1.807) is 0 Å². The number of nitrogens with zero attached hydrogens (tertiary/aromatic N) is 2. The zero-order valence-corrected chi connectivity index (χ0v) is 11.7. The number of rotatable bonds is 0. The second kappa shape index (κ2) is 5.48. The lowest BCUT2D eigenvalue weighted by molar-refractivity contribution is 0.295. The van der Waals surface area contributed by atoms with E-state index in [-0.39, 0.29) is 6.04 Å². The first-order valence-electron chi connectivity index (χ1n) is 7.04. The molecule has 2 nitrogen and oxygen atoms in total. The van der Waals surface area contributed by atoms with Gasteiger partial charge in [0.05, 0.1) is 6.07 Å². The van der Waals surface area contributed by atoms with Crippen molar-refractivity contribution in [3.8, 4) is 6.07 Å². The topological polar surface area (TPSA) is 27.0 Å². The Labute approximate surface area is 120 Å². The summed E-state index contributed by atoms with van der Waals surface area (Å²) in [5, 5.41) is 9.54. The van der Waals surface area contributed by atoms with E-state index in [1.807, 2.05) is 13.1 Å². The Hall–Kier alpha value is -2.11. The minimum atomic E-state index is -0.152. The van der Waals surface area contributed by atoms with Crippen molar-refractivity contribution in [2.24, 2.45) is 0 Å². The Bertz CT molecular complexity index is 654. The molecule has 1 heterocycles. The first kappa shape index (κ1) is 12.9. The summed E-state index contributed by atoms with van der Waals surface area (Å²) in [6.45, 7) is 0.906. The van der Waals surface area contributed by atoms with Crippen LogP contribution in [0.1, 0.15) is 28.3 Å². The molecule has 0 spiro atoms. The summed E-state index contributed by atoms with van der Waals surface area (Å²) in [6, 6.07) is 19.3. The summed E-state index contributed by atoms with van der Waals surface area (Å²) in [5.74, 6) is 0. The average molecular weight is 262 g/mol. The largest absolute Gasteiger partial charge is 0.287 e. The minimum absolute atomic E-state index is 0.152. The van der Waals surface area contributed by atoms with E-state index < -0.39 is 0 Å². The summed E-state index contributed by atoms with van der Waals surface area (Å²) in [4.78, 5) is 2.15. The second-order valence-electron chi connectivity index (χ2n) is 5.41. The molecule has 3 rings (SSSR count). The molecule has 0 bridgehead atoms. The molecular formula is C18H18N2. The molecule has 0 radical (unpaired) electrons. The van der Waals surface area contributed by atoms with Crippen molar-refractivity contribution in [3.05, 3.63) is 70.8 Å². The van der Waals surface area contributed by atoms with Crippen LogP contribution in [0.4, 0.5) is 0 Å². The third kappa shape index (κ3) is 2.33. The SMILES string of the molecule is CN1CCc2ccccc2Cc2ccccc2[C@H]1C#N. The van der Waals surface area contributed by atoms with Crippen LogP contribution in [0.15, 0.2) is 48.5 Å². The first-order chi connectivity index (χ1) is 9.79. The van der Waals surface area contributed by atoms with Gasteiger partial charge in [-0.15, -0.1) is 0 Å². The molecule has 0 N–H and O–H groups in total. The molecule has 2 aromatic rings. The van der Waals surface area contributed by atoms with E-state index in [0.717, 1.165) is 24.9 Å². The van der Waals surface area contributed by atoms with Gasteiger partial charge in [0.15, 0.2) is 0 Å². The van der Waals surface area contributed by atoms with Crippen LogP contribution in [0.3, 0.4) is 0 Å². The van der Waals surface area contributed by atoms with Crippen molar-refractivity contribution in [2.75, 3.05) is 13.6 Å². The highest BCUT2D eigenvalue weighted by atomic mass is 15.1. The number of benzene rings is 2.